The van der Waals surface area contributed by atoms with Crippen LogP contribution in [0, 0.1) is 0 Å². The van der Waals surface area contributed by atoms with E-state index in [0.717, 1.165) is 32.7 Å². The molecule has 0 aromatic heterocycles. The number of carbonyl (C=O) groups is 1. The van der Waals surface area contributed by atoms with E-state index in [4.69, 9.17) is 9.47 Å². The van der Waals surface area contributed by atoms with Gasteiger partial charge in [0.2, 0.25) is 0 Å². The average Bonchev–Trinajstić information content (AvgIpc) is 2.53. The number of ether oxygens (including phenoxy) is 2. The zero-order valence-corrected chi connectivity index (χ0v) is 12.4. The van der Waals surface area contributed by atoms with Crippen molar-refractivity contribution in [2.45, 2.75) is 6.92 Å². The molecule has 0 unspecified atom stereocenters. The number of carbonyl (C=O) groups excluding carboxylic acids is 1. The smallest absolute Gasteiger partial charge is 0.261 e. The summed E-state index contributed by atoms with van der Waals surface area (Å²) in [4.78, 5) is 16.9. The van der Waals surface area contributed by atoms with E-state index in [-0.39, 0.29) is 5.91 Å². The Hall–Kier alpha value is -1.75. The molecule has 2 rings (SSSR count). The van der Waals surface area contributed by atoms with Gasteiger partial charge in [0.25, 0.3) is 5.91 Å². The molecule has 5 nitrogen and oxygen atoms in total. The minimum atomic E-state index is -0.0185. The van der Waals surface area contributed by atoms with E-state index in [0.29, 0.717) is 17.1 Å². The van der Waals surface area contributed by atoms with Crippen LogP contribution < -0.4 is 9.47 Å². The van der Waals surface area contributed by atoms with Gasteiger partial charge in [-0.2, -0.15) is 0 Å². The molecule has 110 valence electrons. The molecule has 0 bridgehead atoms. The Morgan fingerprint density at radius 1 is 1.10 bits per heavy atom. The molecule has 1 aromatic rings. The van der Waals surface area contributed by atoms with Gasteiger partial charge < -0.3 is 19.3 Å². The number of hydrogen-bond donors (Lipinski definition) is 0. The Kier molecular flexibility index (Phi) is 4.84. The molecule has 0 N–H and O–H groups in total. The Morgan fingerprint density at radius 3 is 2.10 bits per heavy atom. The second-order valence-electron chi connectivity index (χ2n) is 4.76. The molecular weight excluding hydrogens is 256 g/mol. The van der Waals surface area contributed by atoms with Crippen LogP contribution in [-0.4, -0.2) is 62.7 Å². The number of nitrogens with zero attached hydrogens (tertiary/aromatic N) is 2. The van der Waals surface area contributed by atoms with Gasteiger partial charge in [-0.25, -0.2) is 0 Å². The van der Waals surface area contributed by atoms with Crippen molar-refractivity contribution >= 4 is 5.91 Å². The SMILES string of the molecule is CCN1CCN(C(=O)c2c(OC)cccc2OC)CC1. The monoisotopic (exact) mass is 278 g/mol. The first-order chi connectivity index (χ1) is 9.71. The van der Waals surface area contributed by atoms with E-state index in [1.807, 2.05) is 11.0 Å². The number of likely N-dealkylation sites (N-methyl/N-ethyl adjacent to an activating group) is 1. The molecule has 1 aromatic carbocycles. The van der Waals surface area contributed by atoms with Crippen LogP contribution >= 0.6 is 0 Å². The Labute approximate surface area is 120 Å². The predicted molar refractivity (Wildman–Crippen MR) is 77.6 cm³/mol. The quantitative estimate of drug-likeness (QED) is 0.836. The van der Waals surface area contributed by atoms with Crippen LogP contribution in [0.2, 0.25) is 0 Å². The van der Waals surface area contributed by atoms with E-state index in [2.05, 4.69) is 11.8 Å². The fourth-order valence-corrected chi connectivity index (χ4v) is 2.49. The highest BCUT2D eigenvalue weighted by molar-refractivity contribution is 5.99. The molecule has 1 aliphatic rings. The van der Waals surface area contributed by atoms with Gasteiger partial charge >= 0.3 is 0 Å². The van der Waals surface area contributed by atoms with E-state index in [1.54, 1.807) is 26.4 Å². The minimum Gasteiger partial charge on any atom is -0.496 e. The van der Waals surface area contributed by atoms with Crippen molar-refractivity contribution in [1.82, 2.24) is 9.80 Å². The highest BCUT2D eigenvalue weighted by Gasteiger charge is 2.26. The summed E-state index contributed by atoms with van der Waals surface area (Å²) in [6.45, 7) is 6.49. The molecule has 0 radical (unpaired) electrons. The number of rotatable bonds is 4. The maximum Gasteiger partial charge on any atom is 0.261 e. The number of amides is 1. The summed E-state index contributed by atoms with van der Waals surface area (Å²) in [7, 11) is 3.14. The summed E-state index contributed by atoms with van der Waals surface area (Å²) in [6, 6.07) is 5.40. The number of hydrogen-bond acceptors (Lipinski definition) is 4. The van der Waals surface area contributed by atoms with Gasteiger partial charge in [0.1, 0.15) is 17.1 Å². The fraction of sp³-hybridized carbons (Fsp3) is 0.533. The van der Waals surface area contributed by atoms with Crippen LogP contribution in [-0.2, 0) is 0 Å². The zero-order valence-electron chi connectivity index (χ0n) is 12.4. The molecule has 1 amide bonds. The maximum absolute atomic E-state index is 12.7. The van der Waals surface area contributed by atoms with Crippen LogP contribution in [0.15, 0.2) is 18.2 Å². The number of methoxy groups -OCH3 is 2. The summed E-state index contributed by atoms with van der Waals surface area (Å²) in [5.41, 5.74) is 0.516. The topological polar surface area (TPSA) is 42.0 Å². The molecule has 0 spiro atoms. The molecule has 20 heavy (non-hydrogen) atoms. The van der Waals surface area contributed by atoms with Crippen molar-refractivity contribution in [2.24, 2.45) is 0 Å². The largest absolute Gasteiger partial charge is 0.496 e. The van der Waals surface area contributed by atoms with Crippen LogP contribution in [0.3, 0.4) is 0 Å². The first-order valence-electron chi connectivity index (χ1n) is 6.93. The third kappa shape index (κ3) is 2.88. The van der Waals surface area contributed by atoms with Crippen LogP contribution in [0.1, 0.15) is 17.3 Å². The van der Waals surface area contributed by atoms with Gasteiger partial charge in [0.15, 0.2) is 0 Å². The van der Waals surface area contributed by atoms with Gasteiger partial charge in [0.05, 0.1) is 14.2 Å². The van der Waals surface area contributed by atoms with Crippen molar-refractivity contribution in [3.8, 4) is 11.5 Å². The van der Waals surface area contributed by atoms with Crippen molar-refractivity contribution in [3.05, 3.63) is 23.8 Å². The summed E-state index contributed by atoms with van der Waals surface area (Å²) < 4.78 is 10.6. The lowest BCUT2D eigenvalue weighted by molar-refractivity contribution is 0.0637. The molecule has 0 aliphatic carbocycles. The Balaban J connectivity index is 2.21. The molecule has 1 heterocycles. The van der Waals surface area contributed by atoms with Gasteiger partial charge in [-0.1, -0.05) is 13.0 Å². The average molecular weight is 278 g/mol. The summed E-state index contributed by atoms with van der Waals surface area (Å²) in [5.74, 6) is 1.11. The zero-order chi connectivity index (χ0) is 14.5. The third-order valence-corrected chi connectivity index (χ3v) is 3.75. The van der Waals surface area contributed by atoms with Gasteiger partial charge in [-0.3, -0.25) is 4.79 Å². The second-order valence-corrected chi connectivity index (χ2v) is 4.76. The van der Waals surface area contributed by atoms with E-state index in [9.17, 15) is 4.79 Å². The van der Waals surface area contributed by atoms with Crippen molar-refractivity contribution in [2.75, 3.05) is 46.9 Å². The second kappa shape index (κ2) is 6.61. The normalized spacial score (nSPS) is 16.1. The van der Waals surface area contributed by atoms with Gasteiger partial charge in [0, 0.05) is 26.2 Å². The lowest BCUT2D eigenvalue weighted by Gasteiger charge is -2.34. The van der Waals surface area contributed by atoms with Crippen LogP contribution in [0.5, 0.6) is 11.5 Å². The third-order valence-electron chi connectivity index (χ3n) is 3.75. The Morgan fingerprint density at radius 2 is 1.65 bits per heavy atom. The van der Waals surface area contributed by atoms with E-state index in [1.165, 1.54) is 0 Å². The molecule has 5 heteroatoms. The molecule has 0 saturated carbocycles. The first kappa shape index (κ1) is 14.7. The van der Waals surface area contributed by atoms with Crippen molar-refractivity contribution in [3.63, 3.8) is 0 Å². The lowest BCUT2D eigenvalue weighted by Crippen LogP contribution is -2.48. The first-order valence-corrected chi connectivity index (χ1v) is 6.93. The van der Waals surface area contributed by atoms with Crippen molar-refractivity contribution in [1.29, 1.82) is 0 Å². The highest BCUT2D eigenvalue weighted by Crippen LogP contribution is 2.29. The number of piperazine rings is 1. The molecular formula is C15H22N2O3. The molecule has 0 atom stereocenters. The molecule has 1 fully saturated rings. The van der Waals surface area contributed by atoms with Crippen LogP contribution in [0.25, 0.3) is 0 Å². The standard InChI is InChI=1S/C15H22N2O3/c1-4-16-8-10-17(11-9-16)15(18)14-12(19-2)6-5-7-13(14)20-3/h5-7H,4,8-11H2,1-3H3. The highest BCUT2D eigenvalue weighted by atomic mass is 16.5. The molecule has 1 saturated heterocycles. The Bertz CT molecular complexity index is 446. The van der Waals surface area contributed by atoms with Gasteiger partial charge in [-0.15, -0.1) is 0 Å². The fourth-order valence-electron chi connectivity index (χ4n) is 2.49. The van der Waals surface area contributed by atoms with Crippen LogP contribution in [0.4, 0.5) is 0 Å². The predicted octanol–water partition coefficient (Wildman–Crippen LogP) is 1.48. The van der Waals surface area contributed by atoms with E-state index >= 15 is 0 Å². The number of benzene rings is 1. The van der Waals surface area contributed by atoms with Gasteiger partial charge in [-0.05, 0) is 18.7 Å². The maximum atomic E-state index is 12.7. The van der Waals surface area contributed by atoms with E-state index < -0.39 is 0 Å². The summed E-state index contributed by atoms with van der Waals surface area (Å²) >= 11 is 0. The minimum absolute atomic E-state index is 0.0185. The lowest BCUT2D eigenvalue weighted by atomic mass is 10.1. The van der Waals surface area contributed by atoms with Crippen molar-refractivity contribution < 1.29 is 14.3 Å². The summed E-state index contributed by atoms with van der Waals surface area (Å²) in [5, 5.41) is 0. The molecule has 1 aliphatic heterocycles. The summed E-state index contributed by atoms with van der Waals surface area (Å²) in [6.07, 6.45) is 0.